The van der Waals surface area contributed by atoms with Crippen LogP contribution in [0.2, 0.25) is 0 Å². The molecule has 0 aliphatic heterocycles. The molecule has 0 spiro atoms. The van der Waals surface area contributed by atoms with Crippen LogP contribution in [0.15, 0.2) is 16.8 Å². The van der Waals surface area contributed by atoms with Gasteiger partial charge in [0.25, 0.3) is 0 Å². The summed E-state index contributed by atoms with van der Waals surface area (Å²) in [4.78, 5) is 10.8. The molecule has 0 amide bonds. The molecule has 0 aliphatic carbocycles. The Labute approximate surface area is 75.0 Å². The summed E-state index contributed by atoms with van der Waals surface area (Å²) in [7, 11) is 0. The van der Waals surface area contributed by atoms with Gasteiger partial charge in [-0.1, -0.05) is 6.92 Å². The van der Waals surface area contributed by atoms with Crippen LogP contribution in [0.25, 0.3) is 0 Å². The highest BCUT2D eigenvalue weighted by atomic mass is 35.5. The maximum Gasteiger partial charge on any atom is 0.229 e. The summed E-state index contributed by atoms with van der Waals surface area (Å²) in [6.45, 7) is 1.96. The Morgan fingerprint density at radius 2 is 2.55 bits per heavy atom. The second-order valence-electron chi connectivity index (χ2n) is 2.32. The van der Waals surface area contributed by atoms with E-state index < -0.39 is 0 Å². The molecule has 0 saturated heterocycles. The van der Waals surface area contributed by atoms with Gasteiger partial charge in [0.2, 0.25) is 5.24 Å². The van der Waals surface area contributed by atoms with E-state index in [-0.39, 0.29) is 11.2 Å². The topological polar surface area (TPSA) is 17.1 Å². The Balaban J connectivity index is 2.79. The van der Waals surface area contributed by atoms with Crippen LogP contribution in [0.4, 0.5) is 0 Å². The monoisotopic (exact) mass is 188 g/mol. The maximum absolute atomic E-state index is 10.8. The van der Waals surface area contributed by atoms with Crippen LogP contribution in [0, 0.1) is 0 Å². The van der Waals surface area contributed by atoms with Crippen molar-refractivity contribution in [2.24, 2.45) is 0 Å². The van der Waals surface area contributed by atoms with E-state index >= 15 is 0 Å². The highest BCUT2D eigenvalue weighted by Gasteiger charge is 2.15. The molecular formula is C8H9ClOS. The zero-order chi connectivity index (χ0) is 8.27. The van der Waals surface area contributed by atoms with Crippen LogP contribution in [0.5, 0.6) is 0 Å². The van der Waals surface area contributed by atoms with Gasteiger partial charge in [-0.05, 0) is 40.4 Å². The van der Waals surface area contributed by atoms with Gasteiger partial charge in [0.15, 0.2) is 0 Å². The van der Waals surface area contributed by atoms with Crippen molar-refractivity contribution >= 4 is 28.2 Å². The second-order valence-corrected chi connectivity index (χ2v) is 3.47. The van der Waals surface area contributed by atoms with Crippen LogP contribution >= 0.6 is 22.9 Å². The lowest BCUT2D eigenvalue weighted by molar-refractivity contribution is -0.113. The predicted molar refractivity (Wildman–Crippen MR) is 48.2 cm³/mol. The summed E-state index contributed by atoms with van der Waals surface area (Å²) >= 11 is 6.99. The van der Waals surface area contributed by atoms with Gasteiger partial charge in [0.1, 0.15) is 0 Å². The number of hydrogen-bond acceptors (Lipinski definition) is 2. The van der Waals surface area contributed by atoms with E-state index in [1.54, 1.807) is 11.3 Å². The number of hydrogen-bond donors (Lipinski definition) is 0. The van der Waals surface area contributed by atoms with Crippen LogP contribution in [0.1, 0.15) is 24.8 Å². The molecule has 1 rings (SSSR count). The number of rotatable bonds is 3. The first kappa shape index (κ1) is 8.75. The van der Waals surface area contributed by atoms with Crippen molar-refractivity contribution in [1.29, 1.82) is 0 Å². The largest absolute Gasteiger partial charge is 0.281 e. The fourth-order valence-corrected chi connectivity index (χ4v) is 2.00. The van der Waals surface area contributed by atoms with Crippen molar-refractivity contribution in [3.63, 3.8) is 0 Å². The Bertz CT molecular complexity index is 230. The average Bonchev–Trinajstić information content (AvgIpc) is 2.40. The van der Waals surface area contributed by atoms with Crippen molar-refractivity contribution in [3.8, 4) is 0 Å². The van der Waals surface area contributed by atoms with E-state index in [1.807, 2.05) is 23.8 Å². The molecule has 3 heteroatoms. The molecule has 0 fully saturated rings. The molecule has 0 radical (unpaired) electrons. The van der Waals surface area contributed by atoms with Gasteiger partial charge in [-0.25, -0.2) is 0 Å². The number of carbonyl (C=O) groups excluding carboxylic acids is 1. The van der Waals surface area contributed by atoms with Crippen LogP contribution < -0.4 is 0 Å². The summed E-state index contributed by atoms with van der Waals surface area (Å²) in [5.74, 6) is -0.108. The van der Waals surface area contributed by atoms with E-state index in [4.69, 9.17) is 11.6 Å². The molecule has 60 valence electrons. The molecule has 0 bridgehead atoms. The molecule has 1 heterocycles. The van der Waals surface area contributed by atoms with Gasteiger partial charge in [0, 0.05) is 0 Å². The van der Waals surface area contributed by atoms with E-state index in [9.17, 15) is 4.79 Å². The average molecular weight is 189 g/mol. The zero-order valence-corrected chi connectivity index (χ0v) is 7.78. The third kappa shape index (κ3) is 2.04. The SMILES string of the molecule is CCC(C(=O)Cl)c1ccsc1. The van der Waals surface area contributed by atoms with Crippen LogP contribution in [0.3, 0.4) is 0 Å². The Hall–Kier alpha value is -0.340. The van der Waals surface area contributed by atoms with Crippen molar-refractivity contribution in [3.05, 3.63) is 22.4 Å². The highest BCUT2D eigenvalue weighted by Crippen LogP contribution is 2.23. The fraction of sp³-hybridized carbons (Fsp3) is 0.375. The Morgan fingerprint density at radius 1 is 1.82 bits per heavy atom. The first-order valence-electron chi connectivity index (χ1n) is 3.47. The summed E-state index contributed by atoms with van der Waals surface area (Å²) in [5.41, 5.74) is 1.04. The molecule has 1 atom stereocenters. The minimum atomic E-state index is -0.258. The summed E-state index contributed by atoms with van der Waals surface area (Å²) in [5, 5.41) is 3.66. The third-order valence-electron chi connectivity index (χ3n) is 1.63. The highest BCUT2D eigenvalue weighted by molar-refractivity contribution is 7.08. The minimum absolute atomic E-state index is 0.108. The van der Waals surface area contributed by atoms with Crippen molar-refractivity contribution < 1.29 is 4.79 Å². The molecule has 0 aliphatic rings. The van der Waals surface area contributed by atoms with Gasteiger partial charge in [0.05, 0.1) is 5.92 Å². The molecular weight excluding hydrogens is 180 g/mol. The number of carbonyl (C=O) groups is 1. The summed E-state index contributed by atoms with van der Waals surface area (Å²) < 4.78 is 0. The Kier molecular flexibility index (Phi) is 3.09. The molecule has 1 unspecified atom stereocenters. The lowest BCUT2D eigenvalue weighted by Gasteiger charge is -2.05. The van der Waals surface area contributed by atoms with Gasteiger partial charge in [-0.15, -0.1) is 0 Å². The lowest BCUT2D eigenvalue weighted by atomic mass is 10.0. The van der Waals surface area contributed by atoms with Gasteiger partial charge >= 0.3 is 0 Å². The fourth-order valence-electron chi connectivity index (χ4n) is 1.00. The molecule has 0 N–H and O–H groups in total. The Morgan fingerprint density at radius 3 is 2.91 bits per heavy atom. The van der Waals surface area contributed by atoms with Gasteiger partial charge < -0.3 is 0 Å². The summed E-state index contributed by atoms with van der Waals surface area (Å²) in [6.07, 6.45) is 0.777. The van der Waals surface area contributed by atoms with E-state index in [0.717, 1.165) is 12.0 Å². The molecule has 1 aromatic heterocycles. The predicted octanol–water partition coefficient (Wildman–Crippen LogP) is 3.01. The van der Waals surface area contributed by atoms with Gasteiger partial charge in [-0.2, -0.15) is 11.3 Å². The van der Waals surface area contributed by atoms with Gasteiger partial charge in [-0.3, -0.25) is 4.79 Å². The maximum atomic E-state index is 10.8. The van der Waals surface area contributed by atoms with E-state index in [0.29, 0.717) is 0 Å². The molecule has 0 saturated carbocycles. The van der Waals surface area contributed by atoms with Crippen molar-refractivity contribution in [1.82, 2.24) is 0 Å². The van der Waals surface area contributed by atoms with E-state index in [1.165, 1.54) is 0 Å². The summed E-state index contributed by atoms with van der Waals surface area (Å²) in [6, 6.07) is 1.94. The molecule has 1 nitrogen and oxygen atoms in total. The normalized spacial score (nSPS) is 12.9. The quantitative estimate of drug-likeness (QED) is 0.667. The molecule has 1 aromatic rings. The first-order valence-corrected chi connectivity index (χ1v) is 4.79. The van der Waals surface area contributed by atoms with Crippen molar-refractivity contribution in [2.45, 2.75) is 19.3 Å². The standard InChI is InChI=1S/C8H9ClOS/c1-2-7(8(9)10)6-3-4-11-5-6/h3-5,7H,2H2,1H3. The number of halogens is 1. The lowest BCUT2D eigenvalue weighted by Crippen LogP contribution is -2.03. The van der Waals surface area contributed by atoms with Crippen molar-refractivity contribution in [2.75, 3.05) is 0 Å². The minimum Gasteiger partial charge on any atom is -0.281 e. The van der Waals surface area contributed by atoms with Crippen LogP contribution in [-0.4, -0.2) is 5.24 Å². The van der Waals surface area contributed by atoms with E-state index in [2.05, 4.69) is 0 Å². The second kappa shape index (κ2) is 3.88. The molecule has 0 aromatic carbocycles. The smallest absolute Gasteiger partial charge is 0.229 e. The number of thiophene rings is 1. The third-order valence-corrected chi connectivity index (χ3v) is 2.59. The first-order chi connectivity index (χ1) is 5.25. The van der Waals surface area contributed by atoms with Crippen LogP contribution in [-0.2, 0) is 4.79 Å². The molecule has 11 heavy (non-hydrogen) atoms. The zero-order valence-electron chi connectivity index (χ0n) is 6.21.